The van der Waals surface area contributed by atoms with E-state index in [4.69, 9.17) is 5.73 Å². The number of carbonyl (C=O) groups excluding carboxylic acids is 1. The highest BCUT2D eigenvalue weighted by molar-refractivity contribution is 5.81. The Labute approximate surface area is 109 Å². The summed E-state index contributed by atoms with van der Waals surface area (Å²) in [6, 6.07) is 8.11. The first kappa shape index (κ1) is 13.1. The lowest BCUT2D eigenvalue weighted by atomic mass is 9.71. The van der Waals surface area contributed by atoms with Crippen molar-refractivity contribution in [3.63, 3.8) is 0 Å². The van der Waals surface area contributed by atoms with Crippen molar-refractivity contribution < 1.29 is 4.79 Å². The van der Waals surface area contributed by atoms with Crippen molar-refractivity contribution in [3.05, 3.63) is 35.4 Å². The van der Waals surface area contributed by atoms with E-state index in [1.54, 1.807) is 6.92 Å². The van der Waals surface area contributed by atoms with Gasteiger partial charge in [-0.05, 0) is 37.3 Å². The Bertz CT molecular complexity index is 442. The van der Waals surface area contributed by atoms with Crippen molar-refractivity contribution in [2.24, 2.45) is 5.73 Å². The number of carbonyl (C=O) groups is 1. The largest absolute Gasteiger partial charge is 0.354 e. The van der Waals surface area contributed by atoms with E-state index >= 15 is 0 Å². The van der Waals surface area contributed by atoms with Crippen molar-refractivity contribution >= 4 is 5.91 Å². The van der Waals surface area contributed by atoms with Gasteiger partial charge < -0.3 is 11.1 Å². The molecule has 0 bridgehead atoms. The average molecular weight is 246 g/mol. The molecule has 1 aromatic carbocycles. The Balaban J connectivity index is 2.15. The molecule has 0 saturated heterocycles. The van der Waals surface area contributed by atoms with Gasteiger partial charge in [0.05, 0.1) is 6.04 Å². The number of aryl methyl sites for hydroxylation is 1. The maximum absolute atomic E-state index is 11.6. The molecule has 0 fully saturated rings. The SMILES string of the molecule is C[C@@H](N)C(=O)NCC1(C)CCCc2ccccc21. The van der Waals surface area contributed by atoms with Crippen molar-refractivity contribution in [2.75, 3.05) is 6.54 Å². The Morgan fingerprint density at radius 2 is 2.22 bits per heavy atom. The zero-order chi connectivity index (χ0) is 13.2. The number of amides is 1. The number of nitrogens with two attached hydrogens (primary N) is 1. The van der Waals surface area contributed by atoms with E-state index in [1.807, 2.05) is 0 Å². The van der Waals surface area contributed by atoms with Crippen molar-refractivity contribution in [1.82, 2.24) is 5.32 Å². The monoisotopic (exact) mass is 246 g/mol. The molecule has 0 aromatic heterocycles. The maximum atomic E-state index is 11.6. The van der Waals surface area contributed by atoms with Crippen LogP contribution in [0.1, 0.15) is 37.8 Å². The lowest BCUT2D eigenvalue weighted by Crippen LogP contribution is -2.45. The third-order valence-corrected chi connectivity index (χ3v) is 3.91. The van der Waals surface area contributed by atoms with E-state index in [-0.39, 0.29) is 11.3 Å². The molecule has 98 valence electrons. The van der Waals surface area contributed by atoms with E-state index in [2.05, 4.69) is 36.5 Å². The summed E-state index contributed by atoms with van der Waals surface area (Å²) >= 11 is 0. The van der Waals surface area contributed by atoms with Gasteiger partial charge in [-0.3, -0.25) is 4.79 Å². The summed E-state index contributed by atoms with van der Waals surface area (Å²) < 4.78 is 0. The fourth-order valence-electron chi connectivity index (χ4n) is 2.76. The van der Waals surface area contributed by atoms with Gasteiger partial charge in [-0.25, -0.2) is 0 Å². The van der Waals surface area contributed by atoms with E-state index in [1.165, 1.54) is 17.5 Å². The summed E-state index contributed by atoms with van der Waals surface area (Å²) in [5.41, 5.74) is 8.41. The molecule has 1 amide bonds. The third kappa shape index (κ3) is 2.56. The van der Waals surface area contributed by atoms with Gasteiger partial charge in [-0.15, -0.1) is 0 Å². The molecule has 0 radical (unpaired) electrons. The lowest BCUT2D eigenvalue weighted by molar-refractivity contribution is -0.122. The van der Waals surface area contributed by atoms with Crippen molar-refractivity contribution in [3.8, 4) is 0 Å². The molecule has 1 aliphatic carbocycles. The van der Waals surface area contributed by atoms with Gasteiger partial charge in [0, 0.05) is 12.0 Å². The number of nitrogens with one attached hydrogen (secondary N) is 1. The number of hydrogen-bond acceptors (Lipinski definition) is 2. The number of benzene rings is 1. The number of rotatable bonds is 3. The van der Waals surface area contributed by atoms with E-state index < -0.39 is 6.04 Å². The molecule has 0 saturated carbocycles. The van der Waals surface area contributed by atoms with Crippen LogP contribution in [0.2, 0.25) is 0 Å². The predicted molar refractivity (Wildman–Crippen MR) is 73.4 cm³/mol. The quantitative estimate of drug-likeness (QED) is 0.853. The van der Waals surface area contributed by atoms with Crippen LogP contribution >= 0.6 is 0 Å². The highest BCUT2D eigenvalue weighted by atomic mass is 16.2. The third-order valence-electron chi connectivity index (χ3n) is 3.91. The standard InChI is InChI=1S/C15H22N2O/c1-11(16)14(18)17-10-15(2)9-5-7-12-6-3-4-8-13(12)15/h3-4,6,8,11H,5,7,9-10,16H2,1-2H3,(H,17,18)/t11-,15?/m1/s1. The molecule has 0 aliphatic heterocycles. The predicted octanol–water partition coefficient (Wildman–Crippen LogP) is 1.74. The van der Waals surface area contributed by atoms with Crippen LogP contribution in [0.5, 0.6) is 0 Å². The maximum Gasteiger partial charge on any atom is 0.236 e. The van der Waals surface area contributed by atoms with Crippen LogP contribution in [0.4, 0.5) is 0 Å². The molecule has 0 heterocycles. The van der Waals surface area contributed by atoms with Gasteiger partial charge in [-0.1, -0.05) is 31.2 Å². The molecule has 3 N–H and O–H groups in total. The molecule has 3 heteroatoms. The van der Waals surface area contributed by atoms with Crippen LogP contribution in [0.15, 0.2) is 24.3 Å². The molecule has 2 atom stereocenters. The van der Waals surface area contributed by atoms with Crippen LogP contribution < -0.4 is 11.1 Å². The second-order valence-electron chi connectivity index (χ2n) is 5.58. The van der Waals surface area contributed by atoms with E-state index in [0.717, 1.165) is 12.8 Å². The minimum atomic E-state index is -0.438. The van der Waals surface area contributed by atoms with Crippen LogP contribution in [0, 0.1) is 0 Å². The topological polar surface area (TPSA) is 55.1 Å². The smallest absolute Gasteiger partial charge is 0.236 e. The molecule has 1 aliphatic rings. The summed E-state index contributed by atoms with van der Waals surface area (Å²) in [7, 11) is 0. The minimum absolute atomic E-state index is 0.0411. The highest BCUT2D eigenvalue weighted by Crippen LogP contribution is 2.36. The van der Waals surface area contributed by atoms with Gasteiger partial charge in [0.2, 0.25) is 5.91 Å². The Kier molecular flexibility index (Phi) is 3.71. The molecule has 3 nitrogen and oxygen atoms in total. The van der Waals surface area contributed by atoms with Crippen molar-refractivity contribution in [1.29, 1.82) is 0 Å². The van der Waals surface area contributed by atoms with Crippen LogP contribution in [-0.4, -0.2) is 18.5 Å². The Morgan fingerprint density at radius 3 is 2.94 bits per heavy atom. The fraction of sp³-hybridized carbons (Fsp3) is 0.533. The fourth-order valence-corrected chi connectivity index (χ4v) is 2.76. The second kappa shape index (κ2) is 5.11. The first-order valence-corrected chi connectivity index (χ1v) is 6.65. The summed E-state index contributed by atoms with van der Waals surface area (Å²) in [6.07, 6.45) is 3.44. The molecule has 2 rings (SSSR count). The zero-order valence-corrected chi connectivity index (χ0v) is 11.2. The average Bonchev–Trinajstić information content (AvgIpc) is 2.36. The molecule has 1 unspecified atom stereocenters. The first-order valence-electron chi connectivity index (χ1n) is 6.65. The summed E-state index contributed by atoms with van der Waals surface area (Å²) in [5.74, 6) is -0.0701. The van der Waals surface area contributed by atoms with Gasteiger partial charge in [0.1, 0.15) is 0 Å². The summed E-state index contributed by atoms with van der Waals surface area (Å²) in [5, 5.41) is 2.97. The van der Waals surface area contributed by atoms with E-state index in [0.29, 0.717) is 6.54 Å². The summed E-state index contributed by atoms with van der Waals surface area (Å²) in [6.45, 7) is 4.61. The zero-order valence-electron chi connectivity index (χ0n) is 11.2. The van der Waals surface area contributed by atoms with Crippen LogP contribution in [0.25, 0.3) is 0 Å². The normalized spacial score (nSPS) is 24.2. The van der Waals surface area contributed by atoms with Gasteiger partial charge >= 0.3 is 0 Å². The number of fused-ring (bicyclic) bond motifs is 1. The Morgan fingerprint density at radius 1 is 1.50 bits per heavy atom. The highest BCUT2D eigenvalue weighted by Gasteiger charge is 2.32. The first-order chi connectivity index (χ1) is 8.53. The molecule has 0 spiro atoms. The summed E-state index contributed by atoms with van der Waals surface area (Å²) in [4.78, 5) is 11.6. The van der Waals surface area contributed by atoms with Crippen molar-refractivity contribution in [2.45, 2.75) is 44.6 Å². The Hall–Kier alpha value is -1.35. The minimum Gasteiger partial charge on any atom is -0.354 e. The number of hydrogen-bond donors (Lipinski definition) is 2. The second-order valence-corrected chi connectivity index (χ2v) is 5.58. The van der Waals surface area contributed by atoms with Gasteiger partial charge in [0.25, 0.3) is 0 Å². The molecule has 1 aromatic rings. The van der Waals surface area contributed by atoms with Crippen LogP contribution in [0.3, 0.4) is 0 Å². The lowest BCUT2D eigenvalue weighted by Gasteiger charge is -2.36. The van der Waals surface area contributed by atoms with E-state index in [9.17, 15) is 4.79 Å². The molecular weight excluding hydrogens is 224 g/mol. The molecular formula is C15H22N2O. The molecule has 18 heavy (non-hydrogen) atoms. The van der Waals surface area contributed by atoms with Gasteiger partial charge in [0.15, 0.2) is 0 Å². The van der Waals surface area contributed by atoms with Gasteiger partial charge in [-0.2, -0.15) is 0 Å². The van der Waals surface area contributed by atoms with Crippen LogP contribution in [-0.2, 0) is 16.6 Å².